The van der Waals surface area contributed by atoms with E-state index >= 15 is 0 Å². The number of fused-ring (bicyclic) bond motifs is 1. The molecule has 2 rings (SSSR count). The molecule has 1 aliphatic heterocycles. The first-order valence-corrected chi connectivity index (χ1v) is 7.40. The zero-order chi connectivity index (χ0) is 14.2. The van der Waals surface area contributed by atoms with E-state index in [9.17, 15) is 4.79 Å². The lowest BCUT2D eigenvalue weighted by atomic mass is 10.0. The molecule has 0 saturated carbocycles. The van der Waals surface area contributed by atoms with Crippen molar-refractivity contribution in [3.63, 3.8) is 0 Å². The van der Waals surface area contributed by atoms with E-state index in [0.29, 0.717) is 0 Å². The smallest absolute Gasteiger partial charge is 0.186 e. The van der Waals surface area contributed by atoms with Crippen LogP contribution in [-0.2, 0) is 0 Å². The molecular formula is C16H19NOS. The third-order valence-electron chi connectivity index (χ3n) is 3.51. The van der Waals surface area contributed by atoms with E-state index < -0.39 is 0 Å². The van der Waals surface area contributed by atoms with Crippen LogP contribution in [0, 0.1) is 20.8 Å². The molecule has 0 saturated heterocycles. The number of rotatable bonds is 1. The molecule has 0 aromatic rings. The first-order valence-electron chi connectivity index (χ1n) is 6.58. The molecule has 1 heterocycles. The topological polar surface area (TPSA) is 30.0 Å². The summed E-state index contributed by atoms with van der Waals surface area (Å²) in [5.41, 5.74) is 3.77. The second-order valence-corrected chi connectivity index (χ2v) is 5.80. The maximum Gasteiger partial charge on any atom is 0.186 e. The number of benzene rings is 1. The van der Waals surface area contributed by atoms with Crippen molar-refractivity contribution >= 4 is 23.5 Å². The Hall–Kier alpha value is -1.48. The Bertz CT molecular complexity index is 771. The van der Waals surface area contributed by atoms with Crippen LogP contribution in [0.25, 0.3) is 22.7 Å². The molecule has 0 spiro atoms. The van der Waals surface area contributed by atoms with E-state index in [1.807, 2.05) is 33.8 Å². The molecular weight excluding hydrogens is 254 g/mol. The standard InChI is InChI=1S/C16H19NOS/c1-6-8-13-12(7-2)17-14-9(3)10(4)15(18)11(5)16(14)19-13/h7-8H,6H2,1-5H3/b12-7+,13-8+. The number of hydrogen-bond donors (Lipinski definition) is 0. The van der Waals surface area contributed by atoms with Crippen molar-refractivity contribution < 1.29 is 0 Å². The summed E-state index contributed by atoms with van der Waals surface area (Å²) in [5, 5.41) is 1.01. The van der Waals surface area contributed by atoms with Crippen LogP contribution in [-0.4, -0.2) is 4.98 Å². The van der Waals surface area contributed by atoms with Gasteiger partial charge in [-0.15, -0.1) is 11.3 Å². The summed E-state index contributed by atoms with van der Waals surface area (Å²) >= 11 is 1.68. The SMILES string of the molecule is C/C=c1/nc2c(C)c(C)c(=O)c(C)c-2s/c1=C/CC. The molecule has 0 radical (unpaired) electrons. The highest BCUT2D eigenvalue weighted by molar-refractivity contribution is 7.13. The van der Waals surface area contributed by atoms with Gasteiger partial charge in [0.1, 0.15) is 0 Å². The summed E-state index contributed by atoms with van der Waals surface area (Å²) in [4.78, 5) is 18.0. The molecule has 2 nitrogen and oxygen atoms in total. The highest BCUT2D eigenvalue weighted by atomic mass is 32.1. The van der Waals surface area contributed by atoms with Gasteiger partial charge in [-0.1, -0.05) is 19.1 Å². The molecule has 1 aliphatic carbocycles. The fourth-order valence-corrected chi connectivity index (χ4v) is 3.50. The van der Waals surface area contributed by atoms with Gasteiger partial charge >= 0.3 is 0 Å². The van der Waals surface area contributed by atoms with Crippen LogP contribution in [0.5, 0.6) is 0 Å². The number of aromatic nitrogens is 1. The zero-order valence-corrected chi connectivity index (χ0v) is 12.9. The maximum absolute atomic E-state index is 12.2. The van der Waals surface area contributed by atoms with Crippen molar-refractivity contribution in [1.29, 1.82) is 0 Å². The third kappa shape index (κ3) is 2.23. The first-order chi connectivity index (χ1) is 9.01. The monoisotopic (exact) mass is 273 g/mol. The van der Waals surface area contributed by atoms with Gasteiger partial charge < -0.3 is 0 Å². The Balaban J connectivity index is 3.08. The second kappa shape index (κ2) is 5.25. The lowest BCUT2D eigenvalue weighted by Gasteiger charge is -2.12. The van der Waals surface area contributed by atoms with Crippen LogP contribution in [0.4, 0.5) is 0 Å². The van der Waals surface area contributed by atoms with Crippen molar-refractivity contribution in [3.05, 3.63) is 36.8 Å². The second-order valence-electron chi connectivity index (χ2n) is 4.75. The van der Waals surface area contributed by atoms with Crippen molar-refractivity contribution in [2.75, 3.05) is 0 Å². The minimum atomic E-state index is 0.152. The van der Waals surface area contributed by atoms with Crippen LogP contribution in [0.3, 0.4) is 0 Å². The summed E-state index contributed by atoms with van der Waals surface area (Å²) in [6.45, 7) is 9.90. The average molecular weight is 273 g/mol. The molecule has 0 atom stereocenters. The predicted octanol–water partition coefficient (Wildman–Crippen LogP) is 2.52. The summed E-state index contributed by atoms with van der Waals surface area (Å²) in [7, 11) is 0. The van der Waals surface area contributed by atoms with E-state index in [-0.39, 0.29) is 5.43 Å². The molecule has 0 aromatic heterocycles. The molecule has 0 bridgehead atoms. The first kappa shape index (κ1) is 13.9. The Kier molecular flexibility index (Phi) is 3.85. The summed E-state index contributed by atoms with van der Waals surface area (Å²) in [5.74, 6) is 0. The van der Waals surface area contributed by atoms with Crippen molar-refractivity contribution in [1.82, 2.24) is 4.98 Å². The lowest BCUT2D eigenvalue weighted by molar-refractivity contribution is 1.16. The van der Waals surface area contributed by atoms with E-state index in [2.05, 4.69) is 13.0 Å². The Morgan fingerprint density at radius 2 is 1.84 bits per heavy atom. The van der Waals surface area contributed by atoms with Gasteiger partial charge in [0, 0.05) is 15.7 Å². The van der Waals surface area contributed by atoms with Crippen LogP contribution >= 0.6 is 11.3 Å². The van der Waals surface area contributed by atoms with Gasteiger partial charge in [0.25, 0.3) is 0 Å². The molecule has 19 heavy (non-hydrogen) atoms. The molecule has 100 valence electrons. The molecule has 3 heteroatoms. The Morgan fingerprint density at radius 3 is 2.42 bits per heavy atom. The molecule has 0 N–H and O–H groups in total. The van der Waals surface area contributed by atoms with Gasteiger partial charge in [-0.25, -0.2) is 4.98 Å². The third-order valence-corrected chi connectivity index (χ3v) is 4.81. The van der Waals surface area contributed by atoms with E-state index in [1.54, 1.807) is 11.3 Å². The van der Waals surface area contributed by atoms with Gasteiger partial charge in [0.2, 0.25) is 0 Å². The van der Waals surface area contributed by atoms with E-state index in [0.717, 1.165) is 43.6 Å². The van der Waals surface area contributed by atoms with Gasteiger partial charge in [0.15, 0.2) is 5.43 Å². The van der Waals surface area contributed by atoms with Crippen LogP contribution in [0.2, 0.25) is 0 Å². The fraction of sp³-hybridized carbons (Fsp3) is 0.375. The van der Waals surface area contributed by atoms with Crippen LogP contribution < -0.4 is 15.3 Å². The Labute approximate surface area is 117 Å². The van der Waals surface area contributed by atoms with Crippen LogP contribution in [0.1, 0.15) is 37.0 Å². The maximum atomic E-state index is 12.2. The van der Waals surface area contributed by atoms with Crippen molar-refractivity contribution in [2.24, 2.45) is 0 Å². The van der Waals surface area contributed by atoms with Crippen molar-refractivity contribution in [2.45, 2.75) is 41.0 Å². The largest absolute Gasteiger partial charge is 0.289 e. The summed E-state index contributed by atoms with van der Waals surface area (Å²) in [6, 6.07) is 0. The molecule has 0 fully saturated rings. The van der Waals surface area contributed by atoms with E-state index in [4.69, 9.17) is 4.98 Å². The molecule has 0 unspecified atom stereocenters. The summed E-state index contributed by atoms with van der Waals surface area (Å²) in [6.07, 6.45) is 5.18. The van der Waals surface area contributed by atoms with Gasteiger partial charge in [-0.2, -0.15) is 0 Å². The molecule has 0 amide bonds. The minimum Gasteiger partial charge on any atom is -0.289 e. The lowest BCUT2D eigenvalue weighted by Crippen LogP contribution is -2.28. The van der Waals surface area contributed by atoms with Gasteiger partial charge in [-0.3, -0.25) is 4.79 Å². The van der Waals surface area contributed by atoms with E-state index in [1.165, 1.54) is 0 Å². The Morgan fingerprint density at radius 1 is 1.16 bits per heavy atom. The number of hydrogen-bond acceptors (Lipinski definition) is 3. The average Bonchev–Trinajstić information content (AvgIpc) is 2.42. The summed E-state index contributed by atoms with van der Waals surface area (Å²) < 4.78 is 1.16. The minimum absolute atomic E-state index is 0.152. The highest BCUT2D eigenvalue weighted by Crippen LogP contribution is 2.27. The fourth-order valence-electron chi connectivity index (χ4n) is 2.22. The predicted molar refractivity (Wildman–Crippen MR) is 83.4 cm³/mol. The van der Waals surface area contributed by atoms with Gasteiger partial charge in [-0.05, 0) is 39.7 Å². The zero-order valence-electron chi connectivity index (χ0n) is 12.1. The normalized spacial score (nSPS) is 13.5. The number of nitrogens with zero attached hydrogens (tertiary/aromatic N) is 1. The van der Waals surface area contributed by atoms with Gasteiger partial charge in [0.05, 0.1) is 15.9 Å². The highest BCUT2D eigenvalue weighted by Gasteiger charge is 2.17. The molecule has 0 aromatic carbocycles. The van der Waals surface area contributed by atoms with Crippen LogP contribution in [0.15, 0.2) is 4.79 Å². The molecule has 2 aliphatic rings. The van der Waals surface area contributed by atoms with Crippen molar-refractivity contribution in [3.8, 4) is 10.6 Å². The quantitative estimate of drug-likeness (QED) is 0.799.